The van der Waals surface area contributed by atoms with E-state index in [1.807, 2.05) is 0 Å². The van der Waals surface area contributed by atoms with Crippen LogP contribution < -0.4 is 5.73 Å². The molecule has 1 aliphatic carbocycles. The highest BCUT2D eigenvalue weighted by Crippen LogP contribution is 2.33. The molecule has 16 heavy (non-hydrogen) atoms. The van der Waals surface area contributed by atoms with Gasteiger partial charge in [0, 0.05) is 18.2 Å². The molecule has 0 spiro atoms. The minimum absolute atomic E-state index is 0.158. The van der Waals surface area contributed by atoms with Gasteiger partial charge in [-0.05, 0) is 12.8 Å². The number of nitrogens with zero attached hydrogens (tertiary/aromatic N) is 2. The van der Waals surface area contributed by atoms with E-state index >= 15 is 0 Å². The Bertz CT molecular complexity index is 493. The Hall–Kier alpha value is -1.17. The van der Waals surface area contributed by atoms with Crippen LogP contribution in [-0.2, 0) is 9.84 Å². The molecular formula is C10H15N3O2S. The minimum Gasteiger partial charge on any atom is -0.384 e. The van der Waals surface area contributed by atoms with E-state index < -0.39 is 9.84 Å². The lowest BCUT2D eigenvalue weighted by Gasteiger charge is -2.09. The predicted octanol–water partition coefficient (Wildman–Crippen LogP) is 1.12. The van der Waals surface area contributed by atoms with Crippen molar-refractivity contribution >= 4 is 15.7 Å². The Morgan fingerprint density at radius 1 is 1.31 bits per heavy atom. The molecule has 0 aliphatic heterocycles. The average Bonchev–Trinajstić information content (AvgIpc) is 2.68. The number of aromatic nitrogens is 2. The molecule has 1 fully saturated rings. The number of sulfone groups is 1. The van der Waals surface area contributed by atoms with Crippen molar-refractivity contribution in [1.82, 2.24) is 9.97 Å². The smallest absolute Gasteiger partial charge is 0.248 e. The van der Waals surface area contributed by atoms with Crippen molar-refractivity contribution in [2.24, 2.45) is 0 Å². The van der Waals surface area contributed by atoms with Crippen LogP contribution in [-0.4, -0.2) is 24.6 Å². The molecule has 2 rings (SSSR count). The summed E-state index contributed by atoms with van der Waals surface area (Å²) in [6.07, 6.45) is 5.55. The molecule has 0 amide bonds. The van der Waals surface area contributed by atoms with Crippen LogP contribution in [0.5, 0.6) is 0 Å². The summed E-state index contributed by atoms with van der Waals surface area (Å²) in [5.41, 5.74) is 6.38. The second kappa shape index (κ2) is 4.01. The normalized spacial score (nSPS) is 17.8. The monoisotopic (exact) mass is 241 g/mol. The van der Waals surface area contributed by atoms with Gasteiger partial charge in [0.25, 0.3) is 0 Å². The summed E-state index contributed by atoms with van der Waals surface area (Å²) < 4.78 is 22.7. The van der Waals surface area contributed by atoms with Gasteiger partial charge in [0.2, 0.25) is 15.0 Å². The topological polar surface area (TPSA) is 85.9 Å². The number of hydrogen-bond donors (Lipinski definition) is 1. The van der Waals surface area contributed by atoms with Gasteiger partial charge < -0.3 is 5.73 Å². The average molecular weight is 241 g/mol. The van der Waals surface area contributed by atoms with Crippen molar-refractivity contribution in [2.75, 3.05) is 12.0 Å². The molecule has 0 unspecified atom stereocenters. The van der Waals surface area contributed by atoms with Crippen LogP contribution in [0.1, 0.15) is 37.3 Å². The lowest BCUT2D eigenvalue weighted by molar-refractivity contribution is 0.589. The first kappa shape index (κ1) is 11.3. The van der Waals surface area contributed by atoms with E-state index in [-0.39, 0.29) is 11.0 Å². The maximum absolute atomic E-state index is 11.4. The van der Waals surface area contributed by atoms with Crippen LogP contribution >= 0.6 is 0 Å². The van der Waals surface area contributed by atoms with Gasteiger partial charge >= 0.3 is 0 Å². The quantitative estimate of drug-likeness (QED) is 0.784. The zero-order valence-corrected chi connectivity index (χ0v) is 10.00. The Morgan fingerprint density at radius 2 is 1.94 bits per heavy atom. The predicted molar refractivity (Wildman–Crippen MR) is 60.8 cm³/mol. The van der Waals surface area contributed by atoms with Crippen LogP contribution in [0, 0.1) is 0 Å². The van der Waals surface area contributed by atoms with E-state index in [0.29, 0.717) is 5.92 Å². The molecule has 0 atom stereocenters. The van der Waals surface area contributed by atoms with E-state index in [0.717, 1.165) is 24.8 Å². The third-order valence-corrected chi connectivity index (χ3v) is 3.70. The number of anilines is 1. The van der Waals surface area contributed by atoms with Crippen molar-refractivity contribution in [3.63, 3.8) is 0 Å². The third-order valence-electron chi connectivity index (χ3n) is 2.85. The fraction of sp³-hybridized carbons (Fsp3) is 0.600. The first-order valence-corrected chi connectivity index (χ1v) is 7.20. The first-order valence-electron chi connectivity index (χ1n) is 5.31. The number of rotatable bonds is 2. The van der Waals surface area contributed by atoms with Crippen molar-refractivity contribution in [3.8, 4) is 0 Å². The third kappa shape index (κ3) is 2.32. The number of nitrogens with two attached hydrogens (primary N) is 1. The fourth-order valence-electron chi connectivity index (χ4n) is 2.06. The van der Waals surface area contributed by atoms with E-state index in [4.69, 9.17) is 5.73 Å². The summed E-state index contributed by atoms with van der Waals surface area (Å²) >= 11 is 0. The van der Waals surface area contributed by atoms with Gasteiger partial charge in [-0.2, -0.15) is 0 Å². The highest BCUT2D eigenvalue weighted by Gasteiger charge is 2.21. The molecule has 2 N–H and O–H groups in total. The first-order chi connectivity index (χ1) is 7.47. The van der Waals surface area contributed by atoms with E-state index in [1.165, 1.54) is 12.8 Å². The molecule has 1 aromatic rings. The van der Waals surface area contributed by atoms with Crippen LogP contribution in [0.2, 0.25) is 0 Å². The molecular weight excluding hydrogens is 226 g/mol. The number of nitrogen functional groups attached to an aromatic ring is 1. The summed E-state index contributed by atoms with van der Waals surface area (Å²) in [5.74, 6) is 0.572. The van der Waals surface area contributed by atoms with Crippen LogP contribution in [0.25, 0.3) is 0 Å². The number of hydrogen-bond acceptors (Lipinski definition) is 5. The standard InChI is InChI=1S/C10H15N3O2S/c1-16(14,15)10-12-8(6-9(11)13-10)7-4-2-3-5-7/h6-7H,2-5H2,1H3,(H2,11,12,13). The largest absolute Gasteiger partial charge is 0.384 e. The Balaban J connectivity index is 2.43. The fourth-order valence-corrected chi connectivity index (χ4v) is 2.60. The minimum atomic E-state index is -3.38. The molecule has 0 aromatic carbocycles. The Labute approximate surface area is 95.0 Å². The Morgan fingerprint density at radius 3 is 2.50 bits per heavy atom. The van der Waals surface area contributed by atoms with Gasteiger partial charge in [0.05, 0.1) is 5.69 Å². The van der Waals surface area contributed by atoms with Crippen LogP contribution in [0.3, 0.4) is 0 Å². The second-order valence-electron chi connectivity index (χ2n) is 4.25. The summed E-state index contributed by atoms with van der Waals surface area (Å²) in [6.45, 7) is 0. The van der Waals surface area contributed by atoms with E-state index in [9.17, 15) is 8.42 Å². The molecule has 1 aliphatic rings. The highest BCUT2D eigenvalue weighted by molar-refractivity contribution is 7.90. The van der Waals surface area contributed by atoms with Crippen LogP contribution in [0.4, 0.5) is 5.82 Å². The zero-order chi connectivity index (χ0) is 11.8. The van der Waals surface area contributed by atoms with Gasteiger partial charge in [-0.25, -0.2) is 18.4 Å². The summed E-state index contributed by atoms with van der Waals surface area (Å²) in [6, 6.07) is 1.69. The SMILES string of the molecule is CS(=O)(=O)c1nc(N)cc(C2CCCC2)n1. The van der Waals surface area contributed by atoms with Gasteiger partial charge in [0.15, 0.2) is 0 Å². The lowest BCUT2D eigenvalue weighted by atomic mass is 10.0. The van der Waals surface area contributed by atoms with Gasteiger partial charge in [0.1, 0.15) is 5.82 Å². The Kier molecular flexibility index (Phi) is 2.84. The zero-order valence-electron chi connectivity index (χ0n) is 9.18. The van der Waals surface area contributed by atoms with Crippen molar-refractivity contribution in [1.29, 1.82) is 0 Å². The van der Waals surface area contributed by atoms with Gasteiger partial charge in [-0.1, -0.05) is 12.8 Å². The molecule has 5 nitrogen and oxygen atoms in total. The van der Waals surface area contributed by atoms with E-state index in [2.05, 4.69) is 9.97 Å². The summed E-state index contributed by atoms with van der Waals surface area (Å²) in [5, 5.41) is -0.158. The molecule has 1 aromatic heterocycles. The molecule has 6 heteroatoms. The van der Waals surface area contributed by atoms with E-state index in [1.54, 1.807) is 6.07 Å². The molecule has 1 heterocycles. The summed E-state index contributed by atoms with van der Waals surface area (Å²) in [4.78, 5) is 7.86. The maximum Gasteiger partial charge on any atom is 0.248 e. The van der Waals surface area contributed by atoms with Gasteiger partial charge in [-0.3, -0.25) is 0 Å². The maximum atomic E-state index is 11.4. The van der Waals surface area contributed by atoms with Crippen molar-refractivity contribution in [3.05, 3.63) is 11.8 Å². The highest BCUT2D eigenvalue weighted by atomic mass is 32.2. The summed E-state index contributed by atoms with van der Waals surface area (Å²) in [7, 11) is -3.38. The molecule has 88 valence electrons. The van der Waals surface area contributed by atoms with Gasteiger partial charge in [-0.15, -0.1) is 0 Å². The van der Waals surface area contributed by atoms with Crippen LogP contribution in [0.15, 0.2) is 11.2 Å². The van der Waals surface area contributed by atoms with Crippen molar-refractivity contribution < 1.29 is 8.42 Å². The second-order valence-corrected chi connectivity index (χ2v) is 6.16. The lowest BCUT2D eigenvalue weighted by Crippen LogP contribution is -2.10. The molecule has 0 saturated heterocycles. The molecule has 1 saturated carbocycles. The molecule has 0 bridgehead atoms. The van der Waals surface area contributed by atoms with Crippen molar-refractivity contribution in [2.45, 2.75) is 36.8 Å². The molecule has 0 radical (unpaired) electrons.